The first-order valence-electron chi connectivity index (χ1n) is 6.40. The van der Waals surface area contributed by atoms with E-state index in [0.717, 1.165) is 0 Å². The van der Waals surface area contributed by atoms with Crippen LogP contribution in [0.4, 0.5) is 4.39 Å². The number of fused-ring (bicyclic) bond motifs is 1. The van der Waals surface area contributed by atoms with E-state index in [1.54, 1.807) is 30.3 Å². The van der Waals surface area contributed by atoms with Crippen molar-refractivity contribution in [2.45, 2.75) is 6.04 Å². The second-order valence-electron chi connectivity index (χ2n) is 4.72. The summed E-state index contributed by atoms with van der Waals surface area (Å²) >= 11 is 0. The van der Waals surface area contributed by atoms with Crippen LogP contribution in [0.1, 0.15) is 17.2 Å². The molecular formula is C15H14FN3O2. The van der Waals surface area contributed by atoms with Crippen molar-refractivity contribution in [3.8, 4) is 5.75 Å². The molecule has 0 saturated heterocycles. The van der Waals surface area contributed by atoms with Gasteiger partial charge in [-0.2, -0.15) is 0 Å². The van der Waals surface area contributed by atoms with E-state index in [2.05, 4.69) is 9.97 Å². The minimum absolute atomic E-state index is 0.289. The standard InChI is InChI=1S/C15H14FN3O2/c1-21-12-4-2-3-9(16)13(12)14(17)8-5-6-10-11(7-8)19-15(20)18-10/h2-7,14H,17H2,1H3,(H2,18,19,20). The summed E-state index contributed by atoms with van der Waals surface area (Å²) in [5, 5.41) is 0. The van der Waals surface area contributed by atoms with Gasteiger partial charge in [-0.05, 0) is 29.8 Å². The number of imidazole rings is 1. The normalized spacial score (nSPS) is 12.5. The van der Waals surface area contributed by atoms with Crippen LogP contribution in [0, 0.1) is 5.82 Å². The van der Waals surface area contributed by atoms with Crippen LogP contribution < -0.4 is 16.2 Å². The van der Waals surface area contributed by atoms with Crippen LogP contribution in [0.5, 0.6) is 5.75 Å². The molecule has 1 aromatic heterocycles. The minimum Gasteiger partial charge on any atom is -0.496 e. The molecule has 0 aliphatic carbocycles. The highest BCUT2D eigenvalue weighted by molar-refractivity contribution is 5.75. The average molecular weight is 287 g/mol. The summed E-state index contributed by atoms with van der Waals surface area (Å²) in [5.74, 6) is -0.0327. The van der Waals surface area contributed by atoms with Gasteiger partial charge in [0.2, 0.25) is 0 Å². The summed E-state index contributed by atoms with van der Waals surface area (Å²) in [6.07, 6.45) is 0. The Bertz CT molecular complexity index is 853. The molecule has 2 aromatic carbocycles. The van der Waals surface area contributed by atoms with Crippen molar-refractivity contribution >= 4 is 11.0 Å². The van der Waals surface area contributed by atoms with Crippen LogP contribution in [-0.2, 0) is 0 Å². The van der Waals surface area contributed by atoms with Crippen molar-refractivity contribution in [3.05, 3.63) is 63.8 Å². The first-order valence-corrected chi connectivity index (χ1v) is 6.40. The summed E-state index contributed by atoms with van der Waals surface area (Å²) in [4.78, 5) is 16.6. The van der Waals surface area contributed by atoms with E-state index >= 15 is 0 Å². The second kappa shape index (κ2) is 5.06. The van der Waals surface area contributed by atoms with Gasteiger partial charge in [0.25, 0.3) is 0 Å². The fourth-order valence-corrected chi connectivity index (χ4v) is 2.41. The van der Waals surface area contributed by atoms with E-state index in [0.29, 0.717) is 22.3 Å². The zero-order chi connectivity index (χ0) is 15.0. The van der Waals surface area contributed by atoms with E-state index in [-0.39, 0.29) is 11.3 Å². The van der Waals surface area contributed by atoms with Gasteiger partial charge in [-0.25, -0.2) is 9.18 Å². The maximum atomic E-state index is 14.1. The molecule has 3 rings (SSSR count). The van der Waals surface area contributed by atoms with Crippen molar-refractivity contribution in [1.29, 1.82) is 0 Å². The molecular weight excluding hydrogens is 273 g/mol. The number of aromatic nitrogens is 2. The molecule has 108 valence electrons. The zero-order valence-corrected chi connectivity index (χ0v) is 11.3. The number of rotatable bonds is 3. The van der Waals surface area contributed by atoms with Gasteiger partial charge in [-0.3, -0.25) is 0 Å². The molecule has 3 aromatic rings. The number of hydrogen-bond acceptors (Lipinski definition) is 3. The maximum Gasteiger partial charge on any atom is 0.323 e. The Morgan fingerprint density at radius 3 is 2.71 bits per heavy atom. The SMILES string of the molecule is COc1cccc(F)c1C(N)c1ccc2[nH]c(=O)[nH]c2c1. The highest BCUT2D eigenvalue weighted by atomic mass is 19.1. The van der Waals surface area contributed by atoms with Gasteiger partial charge in [0, 0.05) is 0 Å². The molecule has 0 aliphatic rings. The quantitative estimate of drug-likeness (QED) is 0.689. The van der Waals surface area contributed by atoms with Crippen LogP contribution >= 0.6 is 0 Å². The van der Waals surface area contributed by atoms with E-state index in [9.17, 15) is 9.18 Å². The topological polar surface area (TPSA) is 83.9 Å². The molecule has 0 amide bonds. The first-order chi connectivity index (χ1) is 10.1. The minimum atomic E-state index is -0.691. The molecule has 0 spiro atoms. The molecule has 4 N–H and O–H groups in total. The summed E-state index contributed by atoms with van der Waals surface area (Å²) in [6, 6.07) is 9.09. The van der Waals surface area contributed by atoms with E-state index in [4.69, 9.17) is 10.5 Å². The highest BCUT2D eigenvalue weighted by Gasteiger charge is 2.19. The molecule has 1 unspecified atom stereocenters. The van der Waals surface area contributed by atoms with E-state index in [1.165, 1.54) is 13.2 Å². The number of methoxy groups -OCH3 is 1. The summed E-state index contributed by atoms with van der Waals surface area (Å²) in [7, 11) is 1.47. The number of ether oxygens (including phenoxy) is 1. The Morgan fingerprint density at radius 2 is 1.95 bits per heavy atom. The molecule has 0 fully saturated rings. The average Bonchev–Trinajstić information content (AvgIpc) is 2.85. The van der Waals surface area contributed by atoms with Gasteiger partial charge in [-0.15, -0.1) is 0 Å². The van der Waals surface area contributed by atoms with Crippen molar-refractivity contribution in [2.75, 3.05) is 7.11 Å². The Morgan fingerprint density at radius 1 is 1.19 bits per heavy atom. The number of H-pyrrole nitrogens is 2. The fraction of sp³-hybridized carbons (Fsp3) is 0.133. The summed E-state index contributed by atoms with van der Waals surface area (Å²) < 4.78 is 19.2. The Balaban J connectivity index is 2.11. The van der Waals surface area contributed by atoms with Crippen molar-refractivity contribution in [3.63, 3.8) is 0 Å². The van der Waals surface area contributed by atoms with Gasteiger partial charge in [-0.1, -0.05) is 12.1 Å². The zero-order valence-electron chi connectivity index (χ0n) is 11.3. The predicted molar refractivity (Wildman–Crippen MR) is 77.9 cm³/mol. The Hall–Kier alpha value is -2.60. The number of nitrogens with two attached hydrogens (primary N) is 1. The molecule has 0 saturated carbocycles. The lowest BCUT2D eigenvalue weighted by Crippen LogP contribution is -2.15. The number of hydrogen-bond donors (Lipinski definition) is 3. The number of halogens is 1. The third kappa shape index (κ3) is 2.30. The molecule has 0 radical (unpaired) electrons. The first kappa shape index (κ1) is 13.4. The molecule has 1 atom stereocenters. The van der Waals surface area contributed by atoms with Gasteiger partial charge < -0.3 is 20.4 Å². The number of nitrogens with one attached hydrogen (secondary N) is 2. The third-order valence-electron chi connectivity index (χ3n) is 3.44. The number of aromatic amines is 2. The van der Waals surface area contributed by atoms with Crippen LogP contribution in [0.2, 0.25) is 0 Å². The van der Waals surface area contributed by atoms with E-state index < -0.39 is 11.9 Å². The van der Waals surface area contributed by atoms with Gasteiger partial charge >= 0.3 is 5.69 Å². The predicted octanol–water partition coefficient (Wildman–Crippen LogP) is 2.05. The van der Waals surface area contributed by atoms with Crippen LogP contribution in [0.25, 0.3) is 11.0 Å². The molecule has 5 nitrogen and oxygen atoms in total. The monoisotopic (exact) mass is 287 g/mol. The van der Waals surface area contributed by atoms with Crippen molar-refractivity contribution < 1.29 is 9.13 Å². The second-order valence-corrected chi connectivity index (χ2v) is 4.72. The van der Waals surface area contributed by atoms with Gasteiger partial charge in [0.15, 0.2) is 0 Å². The van der Waals surface area contributed by atoms with Crippen LogP contribution in [0.3, 0.4) is 0 Å². The largest absolute Gasteiger partial charge is 0.496 e. The maximum absolute atomic E-state index is 14.1. The van der Waals surface area contributed by atoms with Crippen LogP contribution in [0.15, 0.2) is 41.2 Å². The molecule has 0 aliphatic heterocycles. The molecule has 1 heterocycles. The van der Waals surface area contributed by atoms with Crippen molar-refractivity contribution in [1.82, 2.24) is 9.97 Å². The highest BCUT2D eigenvalue weighted by Crippen LogP contribution is 2.31. The lowest BCUT2D eigenvalue weighted by Gasteiger charge is -2.17. The lowest BCUT2D eigenvalue weighted by molar-refractivity contribution is 0.402. The van der Waals surface area contributed by atoms with Crippen LogP contribution in [-0.4, -0.2) is 17.1 Å². The fourth-order valence-electron chi connectivity index (χ4n) is 2.41. The lowest BCUT2D eigenvalue weighted by atomic mass is 9.98. The van der Waals surface area contributed by atoms with E-state index in [1.807, 2.05) is 0 Å². The smallest absolute Gasteiger partial charge is 0.323 e. The Kier molecular flexibility index (Phi) is 3.23. The molecule has 0 bridgehead atoms. The molecule has 6 heteroatoms. The third-order valence-corrected chi connectivity index (χ3v) is 3.44. The number of benzene rings is 2. The summed E-state index contributed by atoms with van der Waals surface area (Å²) in [6.45, 7) is 0. The Labute approximate surface area is 119 Å². The van der Waals surface area contributed by atoms with Gasteiger partial charge in [0.1, 0.15) is 11.6 Å². The molecule has 21 heavy (non-hydrogen) atoms. The van der Waals surface area contributed by atoms with Crippen molar-refractivity contribution in [2.24, 2.45) is 5.73 Å². The van der Waals surface area contributed by atoms with Gasteiger partial charge in [0.05, 0.1) is 29.7 Å². The summed E-state index contributed by atoms with van der Waals surface area (Å²) in [5.41, 5.74) is 8.15.